The Kier molecular flexibility index (Phi) is 5.42. The number of carbonyl (C=O) groups excluding carboxylic acids is 2. The van der Waals surface area contributed by atoms with Crippen molar-refractivity contribution in [1.29, 1.82) is 0 Å². The molecule has 0 saturated carbocycles. The van der Waals surface area contributed by atoms with E-state index in [4.69, 9.17) is 10.5 Å². The van der Waals surface area contributed by atoms with Gasteiger partial charge in [0.15, 0.2) is 5.65 Å². The zero-order valence-electron chi connectivity index (χ0n) is 18.3. The van der Waals surface area contributed by atoms with Crippen LogP contribution in [0.3, 0.4) is 0 Å². The third-order valence-corrected chi connectivity index (χ3v) is 5.64. The second kappa shape index (κ2) is 8.70. The van der Waals surface area contributed by atoms with E-state index in [9.17, 15) is 9.59 Å². The summed E-state index contributed by atoms with van der Waals surface area (Å²) < 4.78 is 4.84. The van der Waals surface area contributed by atoms with E-state index in [0.29, 0.717) is 35.5 Å². The maximum atomic E-state index is 13.4. The van der Waals surface area contributed by atoms with Crippen molar-refractivity contribution in [3.8, 4) is 0 Å². The van der Waals surface area contributed by atoms with Crippen LogP contribution in [0.4, 0.5) is 27.9 Å². The van der Waals surface area contributed by atoms with E-state index in [0.717, 1.165) is 11.3 Å². The van der Waals surface area contributed by atoms with Gasteiger partial charge in [0, 0.05) is 18.3 Å². The first-order chi connectivity index (χ1) is 16.5. The van der Waals surface area contributed by atoms with Crippen LogP contribution in [0.25, 0.3) is 11.0 Å². The number of amides is 2. The van der Waals surface area contributed by atoms with Crippen molar-refractivity contribution >= 4 is 46.2 Å². The number of carbonyl (C=O) groups is 2. The fraction of sp³-hybridized carbons (Fsp3) is 0.174. The van der Waals surface area contributed by atoms with Crippen molar-refractivity contribution in [3.05, 3.63) is 65.9 Å². The molecule has 0 radical (unpaired) electrons. The van der Waals surface area contributed by atoms with Gasteiger partial charge >= 0.3 is 12.0 Å². The van der Waals surface area contributed by atoms with Crippen molar-refractivity contribution in [2.24, 2.45) is 0 Å². The summed E-state index contributed by atoms with van der Waals surface area (Å²) in [5.74, 6) is 0.126. The smallest absolute Gasteiger partial charge is 0.339 e. The molecule has 11 heteroatoms. The number of nitrogens with two attached hydrogens (primary N) is 1. The first kappa shape index (κ1) is 21.2. The van der Waals surface area contributed by atoms with Crippen molar-refractivity contribution in [2.75, 3.05) is 34.9 Å². The number of fused-ring (bicyclic) bond motifs is 2. The van der Waals surface area contributed by atoms with E-state index >= 15 is 0 Å². The lowest BCUT2D eigenvalue weighted by Crippen LogP contribution is -2.47. The molecule has 0 saturated heterocycles. The summed E-state index contributed by atoms with van der Waals surface area (Å²) in [5, 5.41) is 13.8. The van der Waals surface area contributed by atoms with E-state index in [1.54, 1.807) is 35.4 Å². The largest absolute Gasteiger partial charge is 0.465 e. The van der Waals surface area contributed by atoms with Gasteiger partial charge in [0.1, 0.15) is 5.82 Å². The number of esters is 1. The fourth-order valence-electron chi connectivity index (χ4n) is 4.10. The van der Waals surface area contributed by atoms with Gasteiger partial charge < -0.3 is 21.1 Å². The summed E-state index contributed by atoms with van der Waals surface area (Å²) in [6.45, 7) is 0.354. The van der Waals surface area contributed by atoms with E-state index in [1.807, 2.05) is 24.3 Å². The number of urea groups is 1. The molecule has 1 aliphatic rings. The highest BCUT2D eigenvalue weighted by Gasteiger charge is 2.30. The fourth-order valence-corrected chi connectivity index (χ4v) is 4.10. The van der Waals surface area contributed by atoms with Crippen LogP contribution in [-0.4, -0.2) is 51.9 Å². The standard InChI is InChI=1S/C23H22N8O3/c1-34-21(32)15-7-3-4-8-17(15)27-23(33)31-12-14(10-13-6-2-5-9-18(13)31)26-19-16-11-25-30-20(16)29-22(24)28-19/h2-9,11,14H,10,12H2,1H3,(H,27,33)(H4,24,25,26,28,29,30). The molecule has 5 rings (SSSR count). The van der Waals surface area contributed by atoms with Crippen molar-refractivity contribution < 1.29 is 14.3 Å². The van der Waals surface area contributed by atoms with Crippen LogP contribution >= 0.6 is 0 Å². The Hall–Kier alpha value is -4.67. The van der Waals surface area contributed by atoms with Crippen molar-refractivity contribution in [2.45, 2.75) is 12.5 Å². The summed E-state index contributed by atoms with van der Waals surface area (Å²) >= 11 is 0. The predicted octanol–water partition coefficient (Wildman–Crippen LogP) is 2.80. The van der Waals surface area contributed by atoms with Gasteiger partial charge in [-0.3, -0.25) is 10.00 Å². The van der Waals surface area contributed by atoms with Gasteiger partial charge in [0.05, 0.1) is 29.9 Å². The second-order valence-electron chi connectivity index (χ2n) is 7.81. The van der Waals surface area contributed by atoms with Gasteiger partial charge in [-0.25, -0.2) is 9.59 Å². The number of benzene rings is 2. The number of anilines is 4. The minimum Gasteiger partial charge on any atom is -0.465 e. The molecule has 0 bridgehead atoms. The number of nitrogen functional groups attached to an aromatic ring is 1. The number of aromatic amines is 1. The summed E-state index contributed by atoms with van der Waals surface area (Å²) in [6, 6.07) is 13.9. The SMILES string of the molecule is COC(=O)c1ccccc1NC(=O)N1CC(Nc2nc(N)nc3[nH]ncc23)Cc2ccccc21. The maximum Gasteiger partial charge on any atom is 0.339 e. The Bertz CT molecular complexity index is 1390. The number of nitrogens with zero attached hydrogens (tertiary/aromatic N) is 4. The van der Waals surface area contributed by atoms with Gasteiger partial charge in [-0.05, 0) is 30.2 Å². The minimum absolute atomic E-state index is 0.115. The quantitative estimate of drug-likeness (QED) is 0.341. The molecule has 34 heavy (non-hydrogen) atoms. The molecule has 4 aromatic rings. The van der Waals surface area contributed by atoms with Crippen LogP contribution in [-0.2, 0) is 11.2 Å². The highest BCUT2D eigenvalue weighted by Crippen LogP contribution is 2.30. The summed E-state index contributed by atoms with van der Waals surface area (Å²) in [7, 11) is 1.30. The molecule has 2 amide bonds. The predicted molar refractivity (Wildman–Crippen MR) is 128 cm³/mol. The number of H-pyrrole nitrogens is 1. The molecule has 3 heterocycles. The topological polar surface area (TPSA) is 151 Å². The van der Waals surface area contributed by atoms with Crippen molar-refractivity contribution in [1.82, 2.24) is 20.2 Å². The molecule has 0 spiro atoms. The third-order valence-electron chi connectivity index (χ3n) is 5.64. The summed E-state index contributed by atoms with van der Waals surface area (Å²) in [4.78, 5) is 35.6. The normalized spacial score (nSPS) is 15.0. The van der Waals surface area contributed by atoms with Gasteiger partial charge in [-0.2, -0.15) is 15.1 Å². The lowest BCUT2D eigenvalue weighted by Gasteiger charge is -2.35. The Morgan fingerprint density at radius 3 is 2.79 bits per heavy atom. The Morgan fingerprint density at radius 1 is 1.15 bits per heavy atom. The van der Waals surface area contributed by atoms with Crippen LogP contribution in [0.5, 0.6) is 0 Å². The number of hydrogen-bond donors (Lipinski definition) is 4. The summed E-state index contributed by atoms with van der Waals surface area (Å²) in [5.41, 5.74) is 8.82. The van der Waals surface area contributed by atoms with E-state index < -0.39 is 5.97 Å². The molecule has 1 atom stereocenters. The molecular weight excluding hydrogens is 436 g/mol. The highest BCUT2D eigenvalue weighted by atomic mass is 16.5. The zero-order valence-corrected chi connectivity index (χ0v) is 18.3. The lowest BCUT2D eigenvalue weighted by atomic mass is 9.98. The number of aromatic nitrogens is 4. The van der Waals surface area contributed by atoms with Crippen LogP contribution in [0, 0.1) is 0 Å². The van der Waals surface area contributed by atoms with Gasteiger partial charge in [0.25, 0.3) is 0 Å². The lowest BCUT2D eigenvalue weighted by molar-refractivity contribution is 0.0602. The van der Waals surface area contributed by atoms with Crippen LogP contribution < -0.4 is 21.3 Å². The highest BCUT2D eigenvalue weighted by molar-refractivity contribution is 6.06. The molecular formula is C23H22N8O3. The molecule has 11 nitrogen and oxygen atoms in total. The van der Waals surface area contributed by atoms with Gasteiger partial charge in [0.2, 0.25) is 5.95 Å². The molecule has 1 unspecified atom stereocenters. The number of hydrogen-bond acceptors (Lipinski definition) is 8. The molecule has 172 valence electrons. The summed E-state index contributed by atoms with van der Waals surface area (Å²) in [6.07, 6.45) is 2.30. The minimum atomic E-state index is -0.528. The van der Waals surface area contributed by atoms with Gasteiger partial charge in [-0.1, -0.05) is 30.3 Å². The first-order valence-corrected chi connectivity index (χ1v) is 10.6. The third kappa shape index (κ3) is 3.94. The monoisotopic (exact) mass is 458 g/mol. The Balaban J connectivity index is 1.44. The second-order valence-corrected chi connectivity index (χ2v) is 7.81. The number of nitrogens with one attached hydrogen (secondary N) is 3. The van der Waals surface area contributed by atoms with Gasteiger partial charge in [-0.15, -0.1) is 0 Å². The number of rotatable bonds is 4. The van der Waals surface area contributed by atoms with E-state index in [2.05, 4.69) is 30.8 Å². The van der Waals surface area contributed by atoms with Crippen LogP contribution in [0.1, 0.15) is 15.9 Å². The molecule has 0 fully saturated rings. The molecule has 1 aliphatic heterocycles. The number of para-hydroxylation sites is 2. The Labute approximate surface area is 194 Å². The molecule has 0 aliphatic carbocycles. The average molecular weight is 458 g/mol. The number of methoxy groups -OCH3 is 1. The molecule has 5 N–H and O–H groups in total. The molecule has 2 aromatic heterocycles. The Morgan fingerprint density at radius 2 is 1.94 bits per heavy atom. The van der Waals surface area contributed by atoms with Crippen LogP contribution in [0.15, 0.2) is 54.7 Å². The van der Waals surface area contributed by atoms with Crippen molar-refractivity contribution in [3.63, 3.8) is 0 Å². The first-order valence-electron chi connectivity index (χ1n) is 10.6. The van der Waals surface area contributed by atoms with Crippen LogP contribution in [0.2, 0.25) is 0 Å². The average Bonchev–Trinajstić information content (AvgIpc) is 3.32. The van der Waals surface area contributed by atoms with E-state index in [-0.39, 0.29) is 23.6 Å². The maximum absolute atomic E-state index is 13.4. The zero-order chi connectivity index (χ0) is 23.7. The van der Waals surface area contributed by atoms with E-state index in [1.165, 1.54) is 7.11 Å². The number of ether oxygens (including phenoxy) is 1. The molecule has 2 aromatic carbocycles.